The second-order valence-corrected chi connectivity index (χ2v) is 4.48. The molecule has 2 amide bonds. The van der Waals surface area contributed by atoms with E-state index in [0.717, 1.165) is 17.6 Å². The standard InChI is InChI=1S/C11H10F2N4OS/c12-8-3-7(4-9(13)5-8)1-2-14-11(18)16-10-6-15-17-19-10/h3-6H,1-2H2,(H2,14,16,18). The van der Waals surface area contributed by atoms with Crippen LogP contribution in [-0.4, -0.2) is 22.2 Å². The monoisotopic (exact) mass is 284 g/mol. The van der Waals surface area contributed by atoms with E-state index in [2.05, 4.69) is 20.2 Å². The first-order chi connectivity index (χ1) is 9.13. The van der Waals surface area contributed by atoms with Gasteiger partial charge in [0.1, 0.15) is 16.6 Å². The van der Waals surface area contributed by atoms with Crippen molar-refractivity contribution in [1.29, 1.82) is 0 Å². The lowest BCUT2D eigenvalue weighted by Gasteiger charge is -2.05. The molecule has 5 nitrogen and oxygen atoms in total. The summed E-state index contributed by atoms with van der Waals surface area (Å²) in [6.07, 6.45) is 1.76. The largest absolute Gasteiger partial charge is 0.338 e. The number of hydrogen-bond donors (Lipinski definition) is 2. The molecule has 100 valence electrons. The van der Waals surface area contributed by atoms with Gasteiger partial charge in [0.15, 0.2) is 0 Å². The van der Waals surface area contributed by atoms with Crippen molar-refractivity contribution < 1.29 is 13.6 Å². The molecule has 0 fully saturated rings. The second-order valence-electron chi connectivity index (χ2n) is 3.69. The van der Waals surface area contributed by atoms with Gasteiger partial charge in [-0.05, 0) is 24.1 Å². The maximum Gasteiger partial charge on any atom is 0.319 e. The lowest BCUT2D eigenvalue weighted by atomic mass is 10.1. The Kier molecular flexibility index (Phi) is 4.35. The van der Waals surface area contributed by atoms with Gasteiger partial charge >= 0.3 is 6.03 Å². The molecule has 0 unspecified atom stereocenters. The fourth-order valence-electron chi connectivity index (χ4n) is 1.45. The van der Waals surface area contributed by atoms with Crippen LogP contribution in [0.15, 0.2) is 24.4 Å². The predicted octanol–water partition coefficient (Wildman–Crippen LogP) is 2.18. The SMILES string of the molecule is O=C(NCCc1cc(F)cc(F)c1)Nc1cnns1. The third kappa shape index (κ3) is 4.25. The van der Waals surface area contributed by atoms with Gasteiger partial charge in [-0.3, -0.25) is 5.32 Å². The van der Waals surface area contributed by atoms with Crippen molar-refractivity contribution in [2.24, 2.45) is 0 Å². The van der Waals surface area contributed by atoms with Crippen molar-refractivity contribution in [2.45, 2.75) is 6.42 Å². The van der Waals surface area contributed by atoms with Crippen molar-refractivity contribution in [3.8, 4) is 0 Å². The number of benzene rings is 1. The summed E-state index contributed by atoms with van der Waals surface area (Å²) in [5, 5.41) is 9.18. The minimum atomic E-state index is -0.629. The van der Waals surface area contributed by atoms with E-state index in [1.54, 1.807) is 0 Å². The number of rotatable bonds is 4. The number of hydrogen-bond acceptors (Lipinski definition) is 4. The smallest absolute Gasteiger partial charge is 0.319 e. The van der Waals surface area contributed by atoms with Gasteiger partial charge in [0.2, 0.25) is 0 Å². The molecule has 0 radical (unpaired) electrons. The van der Waals surface area contributed by atoms with Gasteiger partial charge in [-0.1, -0.05) is 4.49 Å². The number of aromatic nitrogens is 2. The predicted molar refractivity (Wildman–Crippen MR) is 67.0 cm³/mol. The van der Waals surface area contributed by atoms with Gasteiger partial charge < -0.3 is 5.32 Å². The first-order valence-corrected chi connectivity index (χ1v) is 6.18. The molecule has 0 saturated heterocycles. The highest BCUT2D eigenvalue weighted by atomic mass is 32.1. The number of urea groups is 1. The summed E-state index contributed by atoms with van der Waals surface area (Å²) < 4.78 is 29.4. The highest BCUT2D eigenvalue weighted by Crippen LogP contribution is 2.09. The molecule has 0 aliphatic heterocycles. The fourth-order valence-corrected chi connectivity index (χ4v) is 1.87. The minimum Gasteiger partial charge on any atom is -0.338 e. The van der Waals surface area contributed by atoms with E-state index in [1.807, 2.05) is 0 Å². The summed E-state index contributed by atoms with van der Waals surface area (Å²) in [6, 6.07) is 2.86. The van der Waals surface area contributed by atoms with E-state index < -0.39 is 17.7 Å². The normalized spacial score (nSPS) is 10.2. The first-order valence-electron chi connectivity index (χ1n) is 5.40. The van der Waals surface area contributed by atoms with Crippen LogP contribution >= 0.6 is 11.5 Å². The Morgan fingerprint density at radius 3 is 2.63 bits per heavy atom. The lowest BCUT2D eigenvalue weighted by Crippen LogP contribution is -2.30. The Morgan fingerprint density at radius 1 is 1.26 bits per heavy atom. The fraction of sp³-hybridized carbons (Fsp3) is 0.182. The van der Waals surface area contributed by atoms with Crippen molar-refractivity contribution in [3.63, 3.8) is 0 Å². The molecule has 0 aliphatic carbocycles. The zero-order valence-electron chi connectivity index (χ0n) is 9.69. The second kappa shape index (κ2) is 6.19. The minimum absolute atomic E-state index is 0.265. The Bertz CT molecular complexity index is 542. The molecule has 2 N–H and O–H groups in total. The summed E-state index contributed by atoms with van der Waals surface area (Å²) >= 11 is 1.05. The Hall–Kier alpha value is -2.09. The highest BCUT2D eigenvalue weighted by Gasteiger charge is 2.04. The average Bonchev–Trinajstić information content (AvgIpc) is 2.80. The van der Waals surface area contributed by atoms with Crippen molar-refractivity contribution in [3.05, 3.63) is 41.6 Å². The van der Waals surface area contributed by atoms with Crippen LogP contribution in [0.2, 0.25) is 0 Å². The highest BCUT2D eigenvalue weighted by molar-refractivity contribution is 7.10. The molecule has 0 spiro atoms. The average molecular weight is 284 g/mol. The molecule has 8 heteroatoms. The number of carbonyl (C=O) groups is 1. The van der Waals surface area contributed by atoms with Crippen LogP contribution in [0.3, 0.4) is 0 Å². The number of carbonyl (C=O) groups excluding carboxylic acids is 1. The number of amides is 2. The number of halogens is 2. The van der Waals surface area contributed by atoms with Gasteiger partial charge in [-0.2, -0.15) is 0 Å². The zero-order valence-corrected chi connectivity index (χ0v) is 10.5. The maximum absolute atomic E-state index is 12.9. The summed E-state index contributed by atoms with van der Waals surface area (Å²) in [5.41, 5.74) is 0.484. The zero-order chi connectivity index (χ0) is 13.7. The molecular formula is C11H10F2N4OS. The van der Waals surface area contributed by atoms with Crippen LogP contribution < -0.4 is 10.6 Å². The van der Waals surface area contributed by atoms with Gasteiger partial charge in [-0.25, -0.2) is 13.6 Å². The quantitative estimate of drug-likeness (QED) is 0.904. The van der Waals surface area contributed by atoms with E-state index in [9.17, 15) is 13.6 Å². The molecule has 19 heavy (non-hydrogen) atoms. The number of nitrogens with zero attached hydrogens (tertiary/aromatic N) is 2. The summed E-state index contributed by atoms with van der Waals surface area (Å²) in [5.74, 6) is -1.26. The lowest BCUT2D eigenvalue weighted by molar-refractivity contribution is 0.252. The molecule has 0 saturated carbocycles. The molecule has 1 heterocycles. The van der Waals surface area contributed by atoms with Gasteiger partial charge in [0, 0.05) is 24.1 Å². The molecule has 0 bridgehead atoms. The van der Waals surface area contributed by atoms with Crippen molar-refractivity contribution in [2.75, 3.05) is 11.9 Å². The molecule has 2 aromatic rings. The van der Waals surface area contributed by atoms with Crippen LogP contribution in [0, 0.1) is 11.6 Å². The topological polar surface area (TPSA) is 66.9 Å². The number of nitrogens with one attached hydrogen (secondary N) is 2. The van der Waals surface area contributed by atoms with Gasteiger partial charge in [-0.15, -0.1) is 5.10 Å². The van der Waals surface area contributed by atoms with Crippen LogP contribution in [0.25, 0.3) is 0 Å². The van der Waals surface area contributed by atoms with Gasteiger partial charge in [0.05, 0.1) is 6.20 Å². The first kappa shape index (κ1) is 13.3. The Balaban J connectivity index is 1.78. The van der Waals surface area contributed by atoms with Crippen LogP contribution in [0.5, 0.6) is 0 Å². The van der Waals surface area contributed by atoms with E-state index in [1.165, 1.54) is 18.3 Å². The Morgan fingerprint density at radius 2 is 2.00 bits per heavy atom. The molecule has 1 aromatic carbocycles. The van der Waals surface area contributed by atoms with Crippen LogP contribution in [0.1, 0.15) is 5.56 Å². The summed E-state index contributed by atoms with van der Waals surface area (Å²) in [4.78, 5) is 11.4. The molecule has 0 atom stereocenters. The van der Waals surface area contributed by atoms with Crippen molar-refractivity contribution in [1.82, 2.24) is 14.9 Å². The van der Waals surface area contributed by atoms with E-state index in [0.29, 0.717) is 17.0 Å². The van der Waals surface area contributed by atoms with E-state index in [-0.39, 0.29) is 6.54 Å². The van der Waals surface area contributed by atoms with Gasteiger partial charge in [0.25, 0.3) is 0 Å². The van der Waals surface area contributed by atoms with Crippen LogP contribution in [-0.2, 0) is 6.42 Å². The molecule has 1 aromatic heterocycles. The third-order valence-corrected chi connectivity index (χ3v) is 2.80. The summed E-state index contributed by atoms with van der Waals surface area (Å²) in [7, 11) is 0. The summed E-state index contributed by atoms with van der Waals surface area (Å²) in [6.45, 7) is 0.265. The maximum atomic E-state index is 12.9. The van der Waals surface area contributed by atoms with E-state index >= 15 is 0 Å². The molecular weight excluding hydrogens is 274 g/mol. The van der Waals surface area contributed by atoms with Crippen LogP contribution in [0.4, 0.5) is 18.6 Å². The Labute approximate surface area is 111 Å². The third-order valence-electron chi connectivity index (χ3n) is 2.22. The molecule has 0 aliphatic rings. The van der Waals surface area contributed by atoms with E-state index in [4.69, 9.17) is 0 Å². The van der Waals surface area contributed by atoms with Crippen molar-refractivity contribution >= 4 is 22.6 Å². The molecule has 2 rings (SSSR count). The number of anilines is 1.